The largest absolute Gasteiger partial charge is 0.434 e. The van der Waals surface area contributed by atoms with Crippen molar-refractivity contribution in [2.75, 3.05) is 11.5 Å². The second-order valence-corrected chi connectivity index (χ2v) is 12.3. The van der Waals surface area contributed by atoms with E-state index >= 15 is 0 Å². The van der Waals surface area contributed by atoms with Gasteiger partial charge in [0.15, 0.2) is 15.4 Å². The Bertz CT molecular complexity index is 1080. The van der Waals surface area contributed by atoms with Crippen LogP contribution in [0.4, 0.5) is 0 Å². The van der Waals surface area contributed by atoms with Crippen LogP contribution in [0.5, 0.6) is 0 Å². The number of rotatable bonds is 12. The first kappa shape index (κ1) is 25.8. The minimum absolute atomic E-state index is 0.0421. The first-order valence-corrected chi connectivity index (χ1v) is 14.8. The molecule has 0 spiro atoms. The van der Waals surface area contributed by atoms with Crippen LogP contribution >= 0.6 is 0 Å². The van der Waals surface area contributed by atoms with Crippen molar-refractivity contribution in [3.05, 3.63) is 30.2 Å². The molecule has 2 saturated carbocycles. The molecule has 1 amide bonds. The summed E-state index contributed by atoms with van der Waals surface area (Å²) in [6, 6.07) is 5.50. The van der Waals surface area contributed by atoms with Gasteiger partial charge in [0.1, 0.15) is 11.6 Å². The number of aromatic nitrogens is 1. The molecular formula is C26H37N3O5S. The molecule has 1 heterocycles. The number of fused-ring (bicyclic) bond motifs is 1. The van der Waals surface area contributed by atoms with Crippen LogP contribution in [0.15, 0.2) is 28.7 Å². The molecule has 1 aromatic heterocycles. The van der Waals surface area contributed by atoms with Crippen molar-refractivity contribution in [3.8, 4) is 0 Å². The average Bonchev–Trinajstić information content (AvgIpc) is 3.57. The number of Topliss-reactive ketones (excluding diaryl/α,β-unsaturated/α-hetero) is 1. The van der Waals surface area contributed by atoms with Gasteiger partial charge in [0.05, 0.1) is 17.5 Å². The summed E-state index contributed by atoms with van der Waals surface area (Å²) in [4.78, 5) is 31.0. The fourth-order valence-corrected chi connectivity index (χ4v) is 6.80. The van der Waals surface area contributed by atoms with Crippen LogP contribution < -0.4 is 10.6 Å². The van der Waals surface area contributed by atoms with Crippen LogP contribution in [0.2, 0.25) is 0 Å². The summed E-state index contributed by atoms with van der Waals surface area (Å²) in [6.45, 7) is 1.93. The topological polar surface area (TPSA) is 118 Å². The van der Waals surface area contributed by atoms with Crippen molar-refractivity contribution in [3.63, 3.8) is 0 Å². The monoisotopic (exact) mass is 503 g/mol. The molecule has 0 aliphatic heterocycles. The predicted molar refractivity (Wildman–Crippen MR) is 135 cm³/mol. The summed E-state index contributed by atoms with van der Waals surface area (Å²) in [6.07, 6.45) is 9.24. The van der Waals surface area contributed by atoms with E-state index in [-0.39, 0.29) is 29.4 Å². The van der Waals surface area contributed by atoms with Gasteiger partial charge in [0.2, 0.25) is 11.7 Å². The predicted octanol–water partition coefficient (Wildman–Crippen LogP) is 3.80. The van der Waals surface area contributed by atoms with Gasteiger partial charge in [-0.15, -0.1) is 0 Å². The lowest BCUT2D eigenvalue weighted by Crippen LogP contribution is -2.55. The Hall–Kier alpha value is -2.26. The number of hydrogen-bond donors (Lipinski definition) is 2. The normalized spacial score (nSPS) is 19.2. The van der Waals surface area contributed by atoms with E-state index in [0.29, 0.717) is 23.9 Å². The smallest absolute Gasteiger partial charge is 0.266 e. The molecule has 1 aromatic carbocycles. The number of carbonyl (C=O) groups excluding carboxylic acids is 2. The van der Waals surface area contributed by atoms with Crippen LogP contribution in [0.3, 0.4) is 0 Å². The molecule has 4 rings (SSSR count). The maximum atomic E-state index is 13.4. The summed E-state index contributed by atoms with van der Waals surface area (Å²) in [5, 5.41) is 6.19. The molecule has 192 valence electrons. The molecule has 2 atom stereocenters. The first-order valence-electron chi connectivity index (χ1n) is 13.0. The van der Waals surface area contributed by atoms with E-state index in [9.17, 15) is 18.0 Å². The SMILES string of the molecule is CCCC(NC(=O)[C@H](CS(=O)(=O)CC1CC1)NC1CCCCCC1)C(=O)c1nc2ccccc2o1. The number of ketones is 1. The summed E-state index contributed by atoms with van der Waals surface area (Å²) in [5.74, 6) is -0.790. The summed E-state index contributed by atoms with van der Waals surface area (Å²) in [7, 11) is -3.40. The van der Waals surface area contributed by atoms with Crippen molar-refractivity contribution < 1.29 is 22.4 Å². The molecule has 8 nitrogen and oxygen atoms in total. The third kappa shape index (κ3) is 7.36. The van der Waals surface area contributed by atoms with E-state index in [1.807, 2.05) is 13.0 Å². The minimum Gasteiger partial charge on any atom is -0.434 e. The van der Waals surface area contributed by atoms with E-state index in [1.165, 1.54) is 0 Å². The summed E-state index contributed by atoms with van der Waals surface area (Å²) < 4.78 is 31.4. The number of carbonyl (C=O) groups is 2. The van der Waals surface area contributed by atoms with E-state index in [1.54, 1.807) is 18.2 Å². The molecule has 0 radical (unpaired) electrons. The lowest BCUT2D eigenvalue weighted by Gasteiger charge is -2.26. The Morgan fingerprint density at radius 2 is 1.77 bits per heavy atom. The highest BCUT2D eigenvalue weighted by molar-refractivity contribution is 7.91. The number of sulfone groups is 1. The van der Waals surface area contributed by atoms with Gasteiger partial charge in [-0.3, -0.25) is 9.59 Å². The molecule has 2 fully saturated rings. The first-order chi connectivity index (χ1) is 16.8. The fourth-order valence-electron chi connectivity index (χ4n) is 4.85. The molecule has 1 unspecified atom stereocenters. The Morgan fingerprint density at radius 3 is 2.43 bits per heavy atom. The van der Waals surface area contributed by atoms with Crippen molar-refractivity contribution in [1.82, 2.24) is 15.6 Å². The zero-order valence-electron chi connectivity index (χ0n) is 20.5. The van der Waals surface area contributed by atoms with Gasteiger partial charge in [-0.1, -0.05) is 51.2 Å². The number of para-hydroxylation sites is 2. The maximum absolute atomic E-state index is 13.4. The van der Waals surface area contributed by atoms with E-state index < -0.39 is 33.6 Å². The van der Waals surface area contributed by atoms with Crippen molar-refractivity contribution in [2.24, 2.45) is 5.92 Å². The van der Waals surface area contributed by atoms with Crippen molar-refractivity contribution in [1.29, 1.82) is 0 Å². The molecule has 0 bridgehead atoms. The fraction of sp³-hybridized carbons (Fsp3) is 0.654. The van der Waals surface area contributed by atoms with Crippen molar-refractivity contribution in [2.45, 2.75) is 89.3 Å². The lowest BCUT2D eigenvalue weighted by molar-refractivity contribution is -0.123. The molecule has 2 aliphatic rings. The molecule has 9 heteroatoms. The number of benzene rings is 1. The summed E-state index contributed by atoms with van der Waals surface area (Å²) >= 11 is 0. The van der Waals surface area contributed by atoms with E-state index in [4.69, 9.17) is 4.42 Å². The van der Waals surface area contributed by atoms with Gasteiger partial charge < -0.3 is 15.1 Å². The molecule has 0 saturated heterocycles. The highest BCUT2D eigenvalue weighted by Gasteiger charge is 2.35. The molecule has 2 aliphatic carbocycles. The van der Waals surface area contributed by atoms with Crippen LogP contribution in [-0.4, -0.2) is 54.7 Å². The number of amides is 1. The highest BCUT2D eigenvalue weighted by atomic mass is 32.2. The third-order valence-corrected chi connectivity index (χ3v) is 8.75. The number of nitrogens with zero attached hydrogens (tertiary/aromatic N) is 1. The van der Waals surface area contributed by atoms with Gasteiger partial charge in [0.25, 0.3) is 5.89 Å². The third-order valence-electron chi connectivity index (χ3n) is 6.93. The van der Waals surface area contributed by atoms with E-state index in [2.05, 4.69) is 15.6 Å². The number of hydrogen-bond acceptors (Lipinski definition) is 7. The quantitative estimate of drug-likeness (QED) is 0.334. The van der Waals surface area contributed by atoms with Gasteiger partial charge in [-0.2, -0.15) is 0 Å². The Morgan fingerprint density at radius 1 is 1.06 bits per heavy atom. The molecule has 35 heavy (non-hydrogen) atoms. The van der Waals surface area contributed by atoms with Crippen LogP contribution in [0.1, 0.15) is 81.8 Å². The maximum Gasteiger partial charge on any atom is 0.266 e. The second kappa shape index (κ2) is 11.6. The summed E-state index contributed by atoms with van der Waals surface area (Å²) in [5.41, 5.74) is 1.09. The molecular weight excluding hydrogens is 466 g/mol. The van der Waals surface area contributed by atoms with Crippen LogP contribution in [0.25, 0.3) is 11.1 Å². The van der Waals surface area contributed by atoms with Crippen molar-refractivity contribution >= 4 is 32.6 Å². The Kier molecular flexibility index (Phi) is 8.59. The zero-order chi connectivity index (χ0) is 24.8. The minimum atomic E-state index is -3.40. The van der Waals surface area contributed by atoms with Crippen LogP contribution in [-0.2, 0) is 14.6 Å². The number of nitrogens with one attached hydrogen (secondary N) is 2. The van der Waals surface area contributed by atoms with E-state index in [0.717, 1.165) is 51.4 Å². The second-order valence-electron chi connectivity index (χ2n) is 10.1. The Labute approximate surface area is 207 Å². The van der Waals surface area contributed by atoms with Gasteiger partial charge >= 0.3 is 0 Å². The number of oxazole rings is 1. The average molecular weight is 504 g/mol. The molecule has 2 N–H and O–H groups in total. The van der Waals surface area contributed by atoms with Gasteiger partial charge in [-0.25, -0.2) is 13.4 Å². The standard InChI is InChI=1S/C26H37N3O5S/c1-2-9-21(24(30)26-29-20-12-7-8-13-23(20)34-26)28-25(31)22(17-35(32,33)16-18-14-15-18)27-19-10-5-3-4-6-11-19/h7-8,12-13,18-19,21-22,27H,2-6,9-11,14-17H2,1H3,(H,28,31)/t21?,22-/m0/s1. The lowest BCUT2D eigenvalue weighted by atomic mass is 10.1. The zero-order valence-corrected chi connectivity index (χ0v) is 21.3. The molecule has 2 aromatic rings. The van der Waals surface area contributed by atoms with Crippen LogP contribution in [0, 0.1) is 5.92 Å². The van der Waals surface area contributed by atoms with Gasteiger partial charge in [0, 0.05) is 6.04 Å². The Balaban J connectivity index is 1.50. The van der Waals surface area contributed by atoms with Gasteiger partial charge in [-0.05, 0) is 50.2 Å². The highest BCUT2D eigenvalue weighted by Crippen LogP contribution is 2.30.